The summed E-state index contributed by atoms with van der Waals surface area (Å²) in [7, 11) is 0. The molecule has 0 spiro atoms. The molecule has 1 fully saturated rings. The standard InChI is InChI=1S/C15H15N5OS/c1-10-7-12(19-21-10)9-22-15-18-17-14(20(15)13-4-5-13)11-3-2-6-16-8-11/h2-3,6-8,13H,4-5,9H2,1H3. The van der Waals surface area contributed by atoms with Crippen molar-refractivity contribution in [2.75, 3.05) is 0 Å². The molecule has 22 heavy (non-hydrogen) atoms. The Morgan fingerprint density at radius 1 is 1.36 bits per heavy atom. The highest BCUT2D eigenvalue weighted by atomic mass is 32.2. The SMILES string of the molecule is Cc1cc(CSc2nnc(-c3cccnc3)n2C2CC2)no1. The van der Waals surface area contributed by atoms with E-state index in [1.54, 1.807) is 18.0 Å². The first-order valence-electron chi connectivity index (χ1n) is 7.21. The van der Waals surface area contributed by atoms with Crippen LogP contribution < -0.4 is 0 Å². The second-order valence-electron chi connectivity index (χ2n) is 5.37. The number of hydrogen-bond donors (Lipinski definition) is 0. The summed E-state index contributed by atoms with van der Waals surface area (Å²) in [5, 5.41) is 13.7. The van der Waals surface area contributed by atoms with Crippen LogP contribution >= 0.6 is 11.8 Å². The molecule has 112 valence electrons. The second-order valence-corrected chi connectivity index (χ2v) is 6.31. The Labute approximate surface area is 131 Å². The number of pyridine rings is 1. The molecule has 0 aromatic carbocycles. The molecule has 4 rings (SSSR count). The van der Waals surface area contributed by atoms with Crippen molar-refractivity contribution in [1.29, 1.82) is 0 Å². The molecule has 0 N–H and O–H groups in total. The summed E-state index contributed by atoms with van der Waals surface area (Å²) in [4.78, 5) is 4.18. The zero-order valence-corrected chi connectivity index (χ0v) is 13.0. The van der Waals surface area contributed by atoms with Gasteiger partial charge in [0, 0.05) is 35.8 Å². The van der Waals surface area contributed by atoms with E-state index in [-0.39, 0.29) is 0 Å². The quantitative estimate of drug-likeness (QED) is 0.673. The molecule has 7 heteroatoms. The molecule has 3 heterocycles. The number of thioether (sulfide) groups is 1. The van der Waals surface area contributed by atoms with E-state index in [0.717, 1.165) is 33.8 Å². The van der Waals surface area contributed by atoms with Gasteiger partial charge in [0.2, 0.25) is 0 Å². The summed E-state index contributed by atoms with van der Waals surface area (Å²) in [6.45, 7) is 1.90. The molecular weight excluding hydrogens is 298 g/mol. The van der Waals surface area contributed by atoms with Crippen molar-refractivity contribution in [3.05, 3.63) is 42.0 Å². The number of hydrogen-bond acceptors (Lipinski definition) is 6. The zero-order chi connectivity index (χ0) is 14.9. The summed E-state index contributed by atoms with van der Waals surface area (Å²) >= 11 is 1.64. The molecule has 0 amide bonds. The third kappa shape index (κ3) is 2.64. The fraction of sp³-hybridized carbons (Fsp3) is 0.333. The Hall–Kier alpha value is -2.15. The van der Waals surface area contributed by atoms with Gasteiger partial charge in [-0.1, -0.05) is 16.9 Å². The number of nitrogens with zero attached hydrogens (tertiary/aromatic N) is 5. The van der Waals surface area contributed by atoms with Crippen molar-refractivity contribution < 1.29 is 4.52 Å². The molecule has 1 aliphatic rings. The van der Waals surface area contributed by atoms with Gasteiger partial charge in [-0.15, -0.1) is 10.2 Å². The zero-order valence-electron chi connectivity index (χ0n) is 12.1. The molecule has 0 saturated heterocycles. The topological polar surface area (TPSA) is 69.6 Å². The highest BCUT2D eigenvalue weighted by molar-refractivity contribution is 7.98. The third-order valence-corrected chi connectivity index (χ3v) is 4.50. The monoisotopic (exact) mass is 313 g/mol. The van der Waals surface area contributed by atoms with Crippen molar-refractivity contribution in [3.63, 3.8) is 0 Å². The highest BCUT2D eigenvalue weighted by Gasteiger charge is 2.30. The van der Waals surface area contributed by atoms with Gasteiger partial charge in [-0.3, -0.25) is 9.55 Å². The van der Waals surface area contributed by atoms with E-state index in [0.29, 0.717) is 6.04 Å². The number of aryl methyl sites for hydroxylation is 1. The van der Waals surface area contributed by atoms with Gasteiger partial charge >= 0.3 is 0 Å². The van der Waals surface area contributed by atoms with Gasteiger partial charge in [0.05, 0.1) is 5.69 Å². The summed E-state index contributed by atoms with van der Waals surface area (Å²) in [6.07, 6.45) is 5.96. The lowest BCUT2D eigenvalue weighted by molar-refractivity contribution is 0.393. The maximum atomic E-state index is 5.10. The predicted molar refractivity (Wildman–Crippen MR) is 82.3 cm³/mol. The Morgan fingerprint density at radius 3 is 2.95 bits per heavy atom. The van der Waals surface area contributed by atoms with Crippen molar-refractivity contribution in [2.24, 2.45) is 0 Å². The largest absolute Gasteiger partial charge is 0.361 e. The predicted octanol–water partition coefficient (Wildman–Crippen LogP) is 3.26. The molecular formula is C15H15N5OS. The molecule has 3 aromatic rings. The fourth-order valence-electron chi connectivity index (χ4n) is 2.35. The van der Waals surface area contributed by atoms with E-state index in [9.17, 15) is 0 Å². The van der Waals surface area contributed by atoms with Crippen LogP contribution in [0.2, 0.25) is 0 Å². The smallest absolute Gasteiger partial charge is 0.192 e. The van der Waals surface area contributed by atoms with Gasteiger partial charge in [0.15, 0.2) is 11.0 Å². The molecule has 6 nitrogen and oxygen atoms in total. The maximum absolute atomic E-state index is 5.10. The Morgan fingerprint density at radius 2 is 2.27 bits per heavy atom. The molecule has 1 aliphatic carbocycles. The van der Waals surface area contributed by atoms with E-state index in [4.69, 9.17) is 4.52 Å². The van der Waals surface area contributed by atoms with Crippen LogP contribution in [0.15, 0.2) is 40.3 Å². The number of rotatable bonds is 5. The Bertz CT molecular complexity index is 778. The van der Waals surface area contributed by atoms with Crippen LogP contribution in [0, 0.1) is 6.92 Å². The second kappa shape index (κ2) is 5.57. The first-order valence-corrected chi connectivity index (χ1v) is 8.20. The molecule has 0 aliphatic heterocycles. The van der Waals surface area contributed by atoms with Crippen LogP contribution in [-0.2, 0) is 5.75 Å². The van der Waals surface area contributed by atoms with Crippen LogP contribution in [0.5, 0.6) is 0 Å². The minimum Gasteiger partial charge on any atom is -0.361 e. The average molecular weight is 313 g/mol. The first-order chi connectivity index (χ1) is 10.8. The fourth-order valence-corrected chi connectivity index (χ4v) is 3.24. The third-order valence-electron chi connectivity index (χ3n) is 3.52. The summed E-state index contributed by atoms with van der Waals surface area (Å²) in [6, 6.07) is 6.40. The lowest BCUT2D eigenvalue weighted by Crippen LogP contribution is -2.00. The van der Waals surface area contributed by atoms with E-state index < -0.39 is 0 Å². The van der Waals surface area contributed by atoms with Crippen LogP contribution in [0.3, 0.4) is 0 Å². The molecule has 3 aromatic heterocycles. The lowest BCUT2D eigenvalue weighted by atomic mass is 10.3. The van der Waals surface area contributed by atoms with Crippen molar-refractivity contribution in [2.45, 2.75) is 36.7 Å². The van der Waals surface area contributed by atoms with Crippen molar-refractivity contribution in [3.8, 4) is 11.4 Å². The normalized spacial score (nSPS) is 14.4. The van der Waals surface area contributed by atoms with E-state index in [1.807, 2.05) is 31.3 Å². The molecule has 0 atom stereocenters. The van der Waals surface area contributed by atoms with Crippen LogP contribution in [0.25, 0.3) is 11.4 Å². The summed E-state index contributed by atoms with van der Waals surface area (Å²) in [5.74, 6) is 2.46. The minimum absolute atomic E-state index is 0.506. The molecule has 0 bridgehead atoms. The van der Waals surface area contributed by atoms with E-state index >= 15 is 0 Å². The van der Waals surface area contributed by atoms with Gasteiger partial charge < -0.3 is 4.52 Å². The van der Waals surface area contributed by atoms with Crippen LogP contribution in [-0.4, -0.2) is 24.9 Å². The van der Waals surface area contributed by atoms with Gasteiger partial charge in [0.1, 0.15) is 5.76 Å². The van der Waals surface area contributed by atoms with Gasteiger partial charge in [-0.2, -0.15) is 0 Å². The Kier molecular flexibility index (Phi) is 3.42. The molecule has 0 unspecified atom stereocenters. The van der Waals surface area contributed by atoms with Gasteiger partial charge in [0.25, 0.3) is 0 Å². The maximum Gasteiger partial charge on any atom is 0.192 e. The van der Waals surface area contributed by atoms with Crippen LogP contribution in [0.4, 0.5) is 0 Å². The van der Waals surface area contributed by atoms with Crippen LogP contribution in [0.1, 0.15) is 30.3 Å². The average Bonchev–Trinajstić information content (AvgIpc) is 3.16. The molecule has 0 radical (unpaired) electrons. The first kappa shape index (κ1) is 13.5. The summed E-state index contributed by atoms with van der Waals surface area (Å²) < 4.78 is 7.33. The minimum atomic E-state index is 0.506. The van der Waals surface area contributed by atoms with E-state index in [2.05, 4.69) is 24.9 Å². The van der Waals surface area contributed by atoms with Gasteiger partial charge in [-0.25, -0.2) is 0 Å². The van der Waals surface area contributed by atoms with Gasteiger partial charge in [-0.05, 0) is 31.9 Å². The number of aromatic nitrogens is 5. The Balaban J connectivity index is 1.61. The molecule has 1 saturated carbocycles. The highest BCUT2D eigenvalue weighted by Crippen LogP contribution is 2.41. The summed E-state index contributed by atoms with van der Waals surface area (Å²) in [5.41, 5.74) is 1.93. The van der Waals surface area contributed by atoms with E-state index in [1.165, 1.54) is 12.8 Å². The van der Waals surface area contributed by atoms with Crippen molar-refractivity contribution >= 4 is 11.8 Å². The van der Waals surface area contributed by atoms with Crippen molar-refractivity contribution in [1.82, 2.24) is 24.9 Å². The lowest BCUT2D eigenvalue weighted by Gasteiger charge is -2.07.